The van der Waals surface area contributed by atoms with Gasteiger partial charge in [0.1, 0.15) is 0 Å². The van der Waals surface area contributed by atoms with Crippen molar-refractivity contribution < 1.29 is 4.79 Å². The second-order valence-corrected chi connectivity index (χ2v) is 5.74. The summed E-state index contributed by atoms with van der Waals surface area (Å²) in [5, 5.41) is 0. The Balaban J connectivity index is 1.87. The number of aryl methyl sites for hydroxylation is 2. The highest BCUT2D eigenvalue weighted by Gasteiger charge is 2.28. The van der Waals surface area contributed by atoms with Crippen LogP contribution in [0.2, 0.25) is 0 Å². The summed E-state index contributed by atoms with van der Waals surface area (Å²) in [4.78, 5) is 14.5. The lowest BCUT2D eigenvalue weighted by Crippen LogP contribution is -2.30. The van der Waals surface area contributed by atoms with E-state index in [9.17, 15) is 4.79 Å². The van der Waals surface area contributed by atoms with Crippen LogP contribution in [-0.4, -0.2) is 17.9 Å². The number of carbonyl (C=O) groups excluding carboxylic acids is 1. The number of nitrogens with two attached hydrogens (primary N) is 1. The Kier molecular flexibility index (Phi) is 3.42. The van der Waals surface area contributed by atoms with Crippen molar-refractivity contribution in [3.05, 3.63) is 64.7 Å². The van der Waals surface area contributed by atoms with Crippen molar-refractivity contribution in [1.82, 2.24) is 4.90 Å². The molecule has 1 unspecified atom stereocenters. The molecule has 3 nitrogen and oxygen atoms in total. The van der Waals surface area contributed by atoms with Gasteiger partial charge in [0.2, 0.25) is 0 Å². The zero-order valence-corrected chi connectivity index (χ0v) is 12.5. The molecule has 1 atom stereocenters. The van der Waals surface area contributed by atoms with Crippen molar-refractivity contribution in [3.8, 4) is 0 Å². The molecule has 0 radical (unpaired) electrons. The quantitative estimate of drug-likeness (QED) is 0.858. The molecular weight excluding hydrogens is 260 g/mol. The number of amides is 1. The molecule has 0 aromatic heterocycles. The van der Waals surface area contributed by atoms with Crippen molar-refractivity contribution in [1.29, 1.82) is 0 Å². The zero-order valence-electron chi connectivity index (χ0n) is 12.5. The van der Waals surface area contributed by atoms with Crippen LogP contribution in [0.15, 0.2) is 42.5 Å². The van der Waals surface area contributed by atoms with Gasteiger partial charge in [-0.2, -0.15) is 0 Å². The molecule has 21 heavy (non-hydrogen) atoms. The van der Waals surface area contributed by atoms with Gasteiger partial charge in [-0.25, -0.2) is 0 Å². The normalized spacial score (nSPS) is 16.6. The van der Waals surface area contributed by atoms with E-state index in [2.05, 4.69) is 18.2 Å². The molecule has 108 valence electrons. The molecule has 0 fully saturated rings. The molecule has 2 N–H and O–H groups in total. The van der Waals surface area contributed by atoms with Crippen LogP contribution < -0.4 is 5.73 Å². The van der Waals surface area contributed by atoms with Gasteiger partial charge < -0.3 is 10.6 Å². The largest absolute Gasteiger partial charge is 0.398 e. The van der Waals surface area contributed by atoms with E-state index in [4.69, 9.17) is 5.73 Å². The van der Waals surface area contributed by atoms with Gasteiger partial charge in [0.15, 0.2) is 0 Å². The van der Waals surface area contributed by atoms with Gasteiger partial charge >= 0.3 is 0 Å². The molecule has 0 saturated heterocycles. The Morgan fingerprint density at radius 2 is 2.00 bits per heavy atom. The fourth-order valence-electron chi connectivity index (χ4n) is 3.06. The maximum Gasteiger partial charge on any atom is 0.254 e. The average molecular weight is 280 g/mol. The number of nitrogens with zero attached hydrogens (tertiary/aromatic N) is 1. The van der Waals surface area contributed by atoms with Crippen LogP contribution >= 0.6 is 0 Å². The Morgan fingerprint density at radius 1 is 1.24 bits per heavy atom. The molecule has 0 spiro atoms. The number of fused-ring (bicyclic) bond motifs is 1. The highest BCUT2D eigenvalue weighted by atomic mass is 16.2. The van der Waals surface area contributed by atoms with Gasteiger partial charge in [0.05, 0.1) is 6.04 Å². The number of hydrogen-bond donors (Lipinski definition) is 1. The molecule has 1 amide bonds. The summed E-state index contributed by atoms with van der Waals surface area (Å²) in [6, 6.07) is 14.1. The first-order chi connectivity index (χ1) is 10.1. The Labute approximate surface area is 125 Å². The topological polar surface area (TPSA) is 46.3 Å². The fourth-order valence-corrected chi connectivity index (χ4v) is 3.06. The first-order valence-electron chi connectivity index (χ1n) is 7.29. The number of carbonyl (C=O) groups is 1. The van der Waals surface area contributed by atoms with Gasteiger partial charge in [-0.15, -0.1) is 0 Å². The van der Waals surface area contributed by atoms with E-state index >= 15 is 0 Å². The Bertz CT molecular complexity index is 693. The third kappa shape index (κ3) is 2.40. The summed E-state index contributed by atoms with van der Waals surface area (Å²) in [6.07, 6.45) is 2.03. The summed E-state index contributed by atoms with van der Waals surface area (Å²) >= 11 is 0. The van der Waals surface area contributed by atoms with Crippen molar-refractivity contribution in [2.75, 3.05) is 12.8 Å². The predicted molar refractivity (Wildman–Crippen MR) is 85.2 cm³/mol. The monoisotopic (exact) mass is 280 g/mol. The number of nitrogen functional groups attached to an aromatic ring is 1. The standard InChI is InChI=1S/C18H20N2O/c1-12-7-8-14(11-16(12)19)18(21)20(2)17-10-9-13-5-3-4-6-15(13)17/h3-8,11,17H,9-10,19H2,1-2H3. The molecule has 3 rings (SSSR count). The zero-order chi connectivity index (χ0) is 15.0. The van der Waals surface area contributed by atoms with Crippen molar-refractivity contribution >= 4 is 11.6 Å². The second-order valence-electron chi connectivity index (χ2n) is 5.74. The van der Waals surface area contributed by atoms with Crippen molar-refractivity contribution in [2.45, 2.75) is 25.8 Å². The molecule has 2 aromatic rings. The summed E-state index contributed by atoms with van der Waals surface area (Å²) in [7, 11) is 1.88. The number of rotatable bonds is 2. The third-order valence-corrected chi connectivity index (χ3v) is 4.42. The van der Waals surface area contributed by atoms with Crippen molar-refractivity contribution in [2.24, 2.45) is 0 Å². The molecule has 0 saturated carbocycles. The number of anilines is 1. The minimum Gasteiger partial charge on any atom is -0.398 e. The van der Waals surface area contributed by atoms with Gasteiger partial charge in [-0.3, -0.25) is 4.79 Å². The van der Waals surface area contributed by atoms with E-state index in [0.717, 1.165) is 18.4 Å². The number of hydrogen-bond acceptors (Lipinski definition) is 2. The maximum absolute atomic E-state index is 12.7. The molecular formula is C18H20N2O. The van der Waals surface area contributed by atoms with Gasteiger partial charge in [0.25, 0.3) is 5.91 Å². The summed E-state index contributed by atoms with van der Waals surface area (Å²) in [5.41, 5.74) is 10.9. The lowest BCUT2D eigenvalue weighted by atomic mass is 10.1. The van der Waals surface area contributed by atoms with Crippen LogP contribution in [-0.2, 0) is 6.42 Å². The van der Waals surface area contributed by atoms with Crippen LogP contribution in [0.5, 0.6) is 0 Å². The Morgan fingerprint density at radius 3 is 2.76 bits per heavy atom. The molecule has 2 aromatic carbocycles. The van der Waals surface area contributed by atoms with E-state index in [1.807, 2.05) is 37.1 Å². The molecule has 1 aliphatic carbocycles. The minimum absolute atomic E-state index is 0.0309. The predicted octanol–water partition coefficient (Wildman–Crippen LogP) is 3.34. The molecule has 1 aliphatic rings. The van der Waals surface area contributed by atoms with E-state index in [0.29, 0.717) is 11.3 Å². The highest BCUT2D eigenvalue weighted by Crippen LogP contribution is 2.35. The van der Waals surface area contributed by atoms with Gasteiger partial charge in [0, 0.05) is 18.3 Å². The average Bonchev–Trinajstić information content (AvgIpc) is 2.92. The van der Waals surface area contributed by atoms with E-state index in [-0.39, 0.29) is 11.9 Å². The second kappa shape index (κ2) is 5.24. The van der Waals surface area contributed by atoms with E-state index < -0.39 is 0 Å². The minimum atomic E-state index is 0.0309. The smallest absolute Gasteiger partial charge is 0.254 e. The molecule has 0 heterocycles. The molecule has 3 heteroatoms. The lowest BCUT2D eigenvalue weighted by molar-refractivity contribution is 0.0730. The summed E-state index contributed by atoms with van der Waals surface area (Å²) in [5.74, 6) is 0.0309. The summed E-state index contributed by atoms with van der Waals surface area (Å²) < 4.78 is 0. The lowest BCUT2D eigenvalue weighted by Gasteiger charge is -2.25. The van der Waals surface area contributed by atoms with Crippen LogP contribution in [0.25, 0.3) is 0 Å². The molecule has 0 aliphatic heterocycles. The highest BCUT2D eigenvalue weighted by molar-refractivity contribution is 5.95. The first-order valence-corrected chi connectivity index (χ1v) is 7.29. The molecule has 0 bridgehead atoms. The fraction of sp³-hybridized carbons (Fsp3) is 0.278. The first kappa shape index (κ1) is 13.7. The van der Waals surface area contributed by atoms with Crippen LogP contribution in [0.4, 0.5) is 5.69 Å². The Hall–Kier alpha value is -2.29. The SMILES string of the molecule is Cc1ccc(C(=O)N(C)C2CCc3ccccc32)cc1N. The van der Waals surface area contributed by atoms with Crippen LogP contribution in [0, 0.1) is 6.92 Å². The maximum atomic E-state index is 12.7. The van der Waals surface area contributed by atoms with E-state index in [1.54, 1.807) is 6.07 Å². The van der Waals surface area contributed by atoms with E-state index in [1.165, 1.54) is 11.1 Å². The number of benzene rings is 2. The van der Waals surface area contributed by atoms with Gasteiger partial charge in [-0.1, -0.05) is 30.3 Å². The van der Waals surface area contributed by atoms with Crippen LogP contribution in [0.1, 0.15) is 39.5 Å². The summed E-state index contributed by atoms with van der Waals surface area (Å²) in [6.45, 7) is 1.94. The third-order valence-electron chi connectivity index (χ3n) is 4.42. The van der Waals surface area contributed by atoms with Crippen LogP contribution in [0.3, 0.4) is 0 Å². The van der Waals surface area contributed by atoms with Crippen molar-refractivity contribution in [3.63, 3.8) is 0 Å². The van der Waals surface area contributed by atoms with Gasteiger partial charge in [-0.05, 0) is 48.6 Å².